The van der Waals surface area contributed by atoms with Gasteiger partial charge in [-0.15, -0.1) is 0 Å². The second-order valence-corrected chi connectivity index (χ2v) is 23.5. The van der Waals surface area contributed by atoms with Gasteiger partial charge in [-0.25, -0.2) is 9.59 Å². The summed E-state index contributed by atoms with van der Waals surface area (Å²) in [6.45, 7) is 22.8. The Labute approximate surface area is 373 Å². The van der Waals surface area contributed by atoms with Crippen LogP contribution in [-0.2, 0) is 42.3 Å². The van der Waals surface area contributed by atoms with Gasteiger partial charge >= 0.3 is 53.4 Å². The molecule has 0 amide bonds. The predicted molar refractivity (Wildman–Crippen MR) is 240 cm³/mol. The molecule has 0 bridgehead atoms. The third-order valence-electron chi connectivity index (χ3n) is 11.6. The zero-order chi connectivity index (χ0) is 44.7. The van der Waals surface area contributed by atoms with Crippen LogP contribution in [0.15, 0.2) is 78.9 Å². The number of hydrogen-bond acceptors (Lipinski definition) is 6. The summed E-state index contributed by atoms with van der Waals surface area (Å²) in [7, 11) is 17.3. The molecule has 0 N–H and O–H groups in total. The fourth-order valence-electron chi connectivity index (χ4n) is 7.56. The summed E-state index contributed by atoms with van der Waals surface area (Å²) in [5.41, 5.74) is 11.6. The zero-order valence-corrected chi connectivity index (χ0v) is 40.3. The van der Waals surface area contributed by atoms with Crippen LogP contribution in [0, 0.1) is 13.8 Å². The molecule has 0 atom stereocenters. The van der Waals surface area contributed by atoms with Gasteiger partial charge in [0.05, 0.1) is 25.3 Å². The quantitative estimate of drug-likeness (QED) is 0.0858. The number of carbonyl (C=O) groups excluding carboxylic acids is 4. The molecule has 321 valence electrons. The number of aryl methyl sites for hydroxylation is 2. The molecule has 59 heavy (non-hydrogen) atoms. The molecule has 0 aliphatic heterocycles. The van der Waals surface area contributed by atoms with E-state index in [9.17, 15) is 19.2 Å². The van der Waals surface area contributed by atoms with Crippen LogP contribution in [-0.4, -0.2) is 37.2 Å². The molecule has 11 heteroatoms. The molecular weight excluding hydrogens is 870 g/mol. The van der Waals surface area contributed by atoms with Crippen molar-refractivity contribution in [2.24, 2.45) is 0 Å². The zero-order valence-electron chi connectivity index (χ0n) is 36.1. The van der Waals surface area contributed by atoms with Crippen LogP contribution < -0.4 is 0 Å². The van der Waals surface area contributed by atoms with Gasteiger partial charge < -0.3 is 9.47 Å². The molecule has 0 spiro atoms. The van der Waals surface area contributed by atoms with Gasteiger partial charge in [0, 0.05) is 16.7 Å². The van der Waals surface area contributed by atoms with E-state index >= 15 is 0 Å². The fourth-order valence-corrected chi connectivity index (χ4v) is 7.68. The number of methoxy groups -OCH3 is 2. The summed E-state index contributed by atoms with van der Waals surface area (Å²) in [5.74, 6) is -0.845. The Morgan fingerprint density at radius 1 is 0.508 bits per heavy atom. The summed E-state index contributed by atoms with van der Waals surface area (Å²) < 4.78 is 9.20. The summed E-state index contributed by atoms with van der Waals surface area (Å²) in [5, 5.41) is -0.545. The molecule has 0 heterocycles. The van der Waals surface area contributed by atoms with Crippen LogP contribution in [0.3, 0.4) is 0 Å². The molecule has 0 radical (unpaired) electrons. The predicted octanol–water partition coefficient (Wildman–Crippen LogP) is 13.6. The molecule has 0 saturated heterocycles. The molecule has 0 aromatic heterocycles. The normalized spacial score (nSPS) is 16.3. The number of carbonyl (C=O) groups is 4. The molecule has 2 aliphatic rings. The van der Waals surface area contributed by atoms with E-state index in [1.54, 1.807) is 35.4 Å². The van der Waals surface area contributed by atoms with Crippen molar-refractivity contribution in [1.82, 2.24) is 0 Å². The van der Waals surface area contributed by atoms with Gasteiger partial charge in [0.15, 0.2) is 5.78 Å². The van der Waals surface area contributed by atoms with Crippen molar-refractivity contribution in [3.63, 3.8) is 0 Å². The van der Waals surface area contributed by atoms with Crippen LogP contribution in [0.2, 0.25) is 0 Å². The van der Waals surface area contributed by atoms with Gasteiger partial charge in [-0.05, 0) is 143 Å². The summed E-state index contributed by atoms with van der Waals surface area (Å²) in [6, 6.07) is 23.9. The Kier molecular flexibility index (Phi) is 17.5. The minimum atomic E-state index is -1.33. The maximum atomic E-state index is 13.2. The first-order valence-corrected chi connectivity index (χ1v) is 24.3. The van der Waals surface area contributed by atoms with E-state index in [0.717, 1.165) is 24.0 Å². The fraction of sp³-hybridized carbons (Fsp3) is 0.417. The van der Waals surface area contributed by atoms with Gasteiger partial charge in [0.25, 0.3) is 5.24 Å². The maximum absolute atomic E-state index is 13.2. The number of halogens is 4. The number of ketones is 1. The van der Waals surface area contributed by atoms with E-state index in [4.69, 9.17) is 46.6 Å². The summed E-state index contributed by atoms with van der Waals surface area (Å²) in [6.07, 6.45) is 4.86. The minimum absolute atomic E-state index is 0.00843. The Balaban J connectivity index is 0.000000245. The molecule has 2 aliphatic carbocycles. The average molecular weight is 928 g/mol. The van der Waals surface area contributed by atoms with Gasteiger partial charge in [0.2, 0.25) is 0 Å². The molecular formula is C48H57Cl4FeO6. The van der Waals surface area contributed by atoms with Crippen molar-refractivity contribution in [3.8, 4) is 0 Å². The first-order valence-electron chi connectivity index (χ1n) is 19.3. The number of benzene rings is 4. The van der Waals surface area contributed by atoms with Crippen molar-refractivity contribution in [3.05, 3.63) is 140 Å². The molecule has 4 aromatic carbocycles. The summed E-state index contributed by atoms with van der Waals surface area (Å²) in [4.78, 5) is 46.4. The van der Waals surface area contributed by atoms with Gasteiger partial charge in [0.1, 0.15) is 0 Å². The Morgan fingerprint density at radius 3 is 1.24 bits per heavy atom. The SMILES string of the molecule is COC(=O)c1ccc(C(=O)Cl)cc1.COC(=O)c1ccc(C(=O)c2cc3c(cc2C)C(C)(C)CCC3(C)C)cc1.Cc1ccc2c(c1)C(C)(C)CCC2(C)C.[Cl][Fe]([Cl])[Cl]. The number of ether oxygens (including phenoxy) is 2. The standard InChI is InChI=1S/C24H28O3.C15H22.C9H7ClO3.3ClH.Fe/c1-15-13-19-20(24(4,5)12-11-23(19,2)3)14-18(15)21(25)16-7-9-17(10-8-16)22(26)27-6;1-11-6-7-12-13(10-11)15(4,5)9-8-14(12,2)3;1-13-9(12)7-4-2-6(3-5-7)8(10)11;;;;/h7-10,13-14H,11-12H2,1-6H3;6-7,10H,8-9H2,1-5H3;2-5H,1H3;3*1H;/q;;;;;;+3/p-3. The second kappa shape index (κ2) is 20.6. The average Bonchev–Trinajstić information content (AvgIpc) is 3.18. The second-order valence-electron chi connectivity index (χ2n) is 17.7. The number of rotatable bonds is 5. The number of fused-ring (bicyclic) bond motifs is 2. The van der Waals surface area contributed by atoms with Crippen molar-refractivity contribution < 1.29 is 39.8 Å². The molecule has 4 aromatic rings. The van der Waals surface area contributed by atoms with E-state index in [2.05, 4.69) is 97.4 Å². The molecule has 0 fully saturated rings. The van der Waals surface area contributed by atoms with Crippen molar-refractivity contribution in [2.45, 2.75) is 117 Å². The van der Waals surface area contributed by atoms with Crippen LogP contribution >= 0.6 is 41.9 Å². The van der Waals surface area contributed by atoms with E-state index in [0.29, 0.717) is 33.1 Å². The number of hydrogen-bond donors (Lipinski definition) is 0. The first kappa shape index (κ1) is 50.2. The molecule has 0 saturated carbocycles. The van der Waals surface area contributed by atoms with Crippen molar-refractivity contribution in [2.75, 3.05) is 14.2 Å². The van der Waals surface area contributed by atoms with Crippen LogP contribution in [0.4, 0.5) is 0 Å². The summed E-state index contributed by atoms with van der Waals surface area (Å²) >= 11 is 3.88. The van der Waals surface area contributed by atoms with E-state index in [1.165, 1.54) is 68.0 Å². The molecule has 0 unspecified atom stereocenters. The van der Waals surface area contributed by atoms with Gasteiger partial charge in [-0.1, -0.05) is 97.4 Å². The number of esters is 2. The van der Waals surface area contributed by atoms with Crippen LogP contribution in [0.5, 0.6) is 0 Å². The van der Waals surface area contributed by atoms with Crippen LogP contribution in [0.25, 0.3) is 0 Å². The van der Waals surface area contributed by atoms with Gasteiger partial charge in [-0.3, -0.25) is 9.59 Å². The van der Waals surface area contributed by atoms with Crippen molar-refractivity contribution in [1.29, 1.82) is 0 Å². The van der Waals surface area contributed by atoms with Crippen molar-refractivity contribution >= 4 is 64.9 Å². The third kappa shape index (κ3) is 13.2. The Morgan fingerprint density at radius 2 is 0.847 bits per heavy atom. The monoisotopic (exact) mass is 925 g/mol. The third-order valence-corrected chi connectivity index (χ3v) is 11.8. The van der Waals surface area contributed by atoms with Gasteiger partial charge in [-0.2, -0.15) is 0 Å². The Bertz CT molecular complexity index is 2140. The van der Waals surface area contributed by atoms with E-state index < -0.39 is 28.3 Å². The Hall–Kier alpha value is -3.16. The van der Waals surface area contributed by atoms with Crippen LogP contribution in [0.1, 0.15) is 161 Å². The molecule has 6 nitrogen and oxygen atoms in total. The first-order chi connectivity index (χ1) is 27.3. The van der Waals surface area contributed by atoms with E-state index in [1.807, 2.05) is 6.92 Å². The molecule has 6 rings (SSSR count). The topological polar surface area (TPSA) is 86.7 Å². The van der Waals surface area contributed by atoms with E-state index in [-0.39, 0.29) is 16.6 Å².